The molecule has 0 amide bonds. The highest BCUT2D eigenvalue weighted by Crippen LogP contribution is 2.57. The van der Waals surface area contributed by atoms with Crippen molar-refractivity contribution in [2.45, 2.75) is 25.9 Å². The fraction of sp³-hybridized carbons (Fsp3) is 0.429. The summed E-state index contributed by atoms with van der Waals surface area (Å²) in [6, 6.07) is 4.19. The van der Waals surface area contributed by atoms with Gasteiger partial charge in [0.15, 0.2) is 0 Å². The average Bonchev–Trinajstić information content (AvgIpc) is 2.89. The molecule has 0 saturated heterocycles. The lowest BCUT2D eigenvalue weighted by molar-refractivity contribution is -0.137. The van der Waals surface area contributed by atoms with Crippen LogP contribution in [-0.2, 0) is 6.18 Å². The highest BCUT2D eigenvalue weighted by molar-refractivity contribution is 6.31. The van der Waals surface area contributed by atoms with Gasteiger partial charge < -0.3 is 0 Å². The second-order valence-electron chi connectivity index (χ2n) is 4.99. The van der Waals surface area contributed by atoms with Gasteiger partial charge in [0.1, 0.15) is 0 Å². The van der Waals surface area contributed by atoms with E-state index >= 15 is 0 Å². The van der Waals surface area contributed by atoms with Crippen molar-refractivity contribution in [1.29, 1.82) is 0 Å². The van der Waals surface area contributed by atoms with Crippen molar-refractivity contribution in [3.8, 4) is 0 Å². The van der Waals surface area contributed by atoms with Crippen LogP contribution >= 0.6 is 11.6 Å². The van der Waals surface area contributed by atoms with Crippen LogP contribution in [0, 0.1) is 11.8 Å². The largest absolute Gasteiger partial charge is 0.417 e. The molecule has 0 aliphatic heterocycles. The van der Waals surface area contributed by atoms with E-state index in [2.05, 4.69) is 6.58 Å². The van der Waals surface area contributed by atoms with Crippen LogP contribution in [0.2, 0.25) is 5.02 Å². The second kappa shape index (κ2) is 4.30. The molecule has 1 aliphatic rings. The third-order valence-corrected chi connectivity index (χ3v) is 3.96. The van der Waals surface area contributed by atoms with Crippen LogP contribution in [0.25, 0.3) is 0 Å². The van der Waals surface area contributed by atoms with Crippen molar-refractivity contribution >= 4 is 11.6 Å². The zero-order valence-corrected chi connectivity index (χ0v) is 10.9. The Morgan fingerprint density at radius 1 is 1.33 bits per heavy atom. The molecule has 0 radical (unpaired) electrons. The molecule has 0 N–H and O–H groups in total. The number of halogens is 4. The fourth-order valence-corrected chi connectivity index (χ4v) is 2.92. The molecule has 2 unspecified atom stereocenters. The van der Waals surface area contributed by atoms with Crippen LogP contribution in [0.1, 0.15) is 30.9 Å². The zero-order valence-electron chi connectivity index (χ0n) is 10.2. The van der Waals surface area contributed by atoms with Gasteiger partial charge in [0, 0.05) is 0 Å². The Kier molecular flexibility index (Phi) is 3.22. The van der Waals surface area contributed by atoms with Crippen LogP contribution in [0.15, 0.2) is 30.4 Å². The standard InChI is InChI=1S/C14H14ClF3/c1-7(2)12-8(3)13(12)9-4-5-11(15)10(6-9)14(16,17)18/h4-6,8,12-13H,1H2,2-3H3/t8?,12?,13-/m0/s1. The lowest BCUT2D eigenvalue weighted by atomic mass is 10.0. The molecule has 0 aromatic heterocycles. The molecular weight excluding hydrogens is 261 g/mol. The fourth-order valence-electron chi connectivity index (χ4n) is 2.70. The summed E-state index contributed by atoms with van der Waals surface area (Å²) >= 11 is 5.60. The van der Waals surface area contributed by atoms with Crippen LogP contribution in [0.3, 0.4) is 0 Å². The molecule has 3 atom stereocenters. The topological polar surface area (TPSA) is 0 Å². The van der Waals surface area contributed by atoms with E-state index < -0.39 is 11.7 Å². The van der Waals surface area contributed by atoms with E-state index in [0.29, 0.717) is 11.5 Å². The van der Waals surface area contributed by atoms with Crippen molar-refractivity contribution in [2.24, 2.45) is 11.8 Å². The summed E-state index contributed by atoms with van der Waals surface area (Å²) in [5, 5.41) is -0.244. The van der Waals surface area contributed by atoms with E-state index in [9.17, 15) is 13.2 Å². The number of alkyl halides is 3. The highest BCUT2D eigenvalue weighted by atomic mass is 35.5. The van der Waals surface area contributed by atoms with Crippen molar-refractivity contribution in [3.63, 3.8) is 0 Å². The minimum absolute atomic E-state index is 0.140. The first-order valence-electron chi connectivity index (χ1n) is 5.75. The van der Waals surface area contributed by atoms with Gasteiger partial charge in [-0.2, -0.15) is 13.2 Å². The Morgan fingerprint density at radius 2 is 1.94 bits per heavy atom. The van der Waals surface area contributed by atoms with Crippen LogP contribution < -0.4 is 0 Å². The van der Waals surface area contributed by atoms with Crippen molar-refractivity contribution in [1.82, 2.24) is 0 Å². The maximum atomic E-state index is 12.8. The molecule has 0 spiro atoms. The first-order chi connectivity index (χ1) is 8.23. The van der Waals surface area contributed by atoms with E-state index in [4.69, 9.17) is 11.6 Å². The normalized spacial score (nSPS) is 27.1. The average molecular weight is 275 g/mol. The molecular formula is C14H14ClF3. The van der Waals surface area contributed by atoms with E-state index in [0.717, 1.165) is 5.57 Å². The van der Waals surface area contributed by atoms with E-state index in [-0.39, 0.29) is 16.9 Å². The Hall–Kier alpha value is -0.960. The van der Waals surface area contributed by atoms with Crippen LogP contribution in [0.4, 0.5) is 13.2 Å². The molecule has 1 aromatic rings. The predicted molar refractivity (Wildman–Crippen MR) is 66.7 cm³/mol. The third kappa shape index (κ3) is 2.28. The van der Waals surface area contributed by atoms with Gasteiger partial charge in [-0.25, -0.2) is 0 Å². The first kappa shape index (κ1) is 13.5. The van der Waals surface area contributed by atoms with Crippen LogP contribution in [-0.4, -0.2) is 0 Å². The zero-order chi connectivity index (χ0) is 13.7. The van der Waals surface area contributed by atoms with Crippen molar-refractivity contribution in [3.05, 3.63) is 46.5 Å². The molecule has 1 saturated carbocycles. The summed E-state index contributed by atoms with van der Waals surface area (Å²) in [4.78, 5) is 0. The monoisotopic (exact) mass is 274 g/mol. The van der Waals surface area contributed by atoms with Gasteiger partial charge >= 0.3 is 6.18 Å². The Morgan fingerprint density at radius 3 is 2.39 bits per heavy atom. The first-order valence-corrected chi connectivity index (χ1v) is 6.13. The maximum absolute atomic E-state index is 12.8. The lowest BCUT2D eigenvalue weighted by Crippen LogP contribution is -2.06. The quantitative estimate of drug-likeness (QED) is 0.643. The SMILES string of the molecule is C=C(C)C1C(C)[C@H]1c1ccc(Cl)c(C(F)(F)F)c1. The summed E-state index contributed by atoms with van der Waals surface area (Å²) < 4.78 is 38.3. The second-order valence-corrected chi connectivity index (χ2v) is 5.40. The minimum Gasteiger partial charge on any atom is -0.166 e. The molecule has 0 nitrogen and oxygen atoms in total. The summed E-state index contributed by atoms with van der Waals surface area (Å²) in [5.74, 6) is 0.776. The molecule has 4 heteroatoms. The summed E-state index contributed by atoms with van der Waals surface area (Å²) in [7, 11) is 0. The molecule has 1 aromatic carbocycles. The van der Waals surface area contributed by atoms with Gasteiger partial charge in [0.25, 0.3) is 0 Å². The number of benzene rings is 1. The van der Waals surface area contributed by atoms with E-state index in [1.54, 1.807) is 6.07 Å². The summed E-state index contributed by atoms with van der Waals surface area (Å²) in [6.07, 6.45) is -4.40. The molecule has 1 fully saturated rings. The smallest absolute Gasteiger partial charge is 0.166 e. The Labute approximate surface area is 109 Å². The molecule has 0 heterocycles. The minimum atomic E-state index is -4.40. The van der Waals surface area contributed by atoms with Gasteiger partial charge in [-0.05, 0) is 42.4 Å². The van der Waals surface area contributed by atoms with Gasteiger partial charge in [0.2, 0.25) is 0 Å². The molecule has 18 heavy (non-hydrogen) atoms. The van der Waals surface area contributed by atoms with Gasteiger partial charge in [-0.3, -0.25) is 0 Å². The maximum Gasteiger partial charge on any atom is 0.417 e. The molecule has 98 valence electrons. The van der Waals surface area contributed by atoms with Gasteiger partial charge in [-0.1, -0.05) is 36.7 Å². The Balaban J connectivity index is 2.35. The highest BCUT2D eigenvalue weighted by Gasteiger charge is 2.48. The number of rotatable bonds is 2. The number of hydrogen-bond acceptors (Lipinski definition) is 0. The van der Waals surface area contributed by atoms with Crippen molar-refractivity contribution in [2.75, 3.05) is 0 Å². The molecule has 0 bridgehead atoms. The summed E-state index contributed by atoms with van der Waals surface area (Å²) in [5.41, 5.74) is 0.976. The van der Waals surface area contributed by atoms with Gasteiger partial charge in [-0.15, -0.1) is 0 Å². The van der Waals surface area contributed by atoms with Gasteiger partial charge in [0.05, 0.1) is 10.6 Å². The molecule has 1 aliphatic carbocycles. The Bertz CT molecular complexity index is 490. The van der Waals surface area contributed by atoms with Crippen LogP contribution in [0.5, 0.6) is 0 Å². The summed E-state index contributed by atoms with van der Waals surface area (Å²) in [6.45, 7) is 7.84. The molecule has 2 rings (SSSR count). The number of hydrogen-bond donors (Lipinski definition) is 0. The predicted octanol–water partition coefficient (Wildman–Crippen LogP) is 5.28. The van der Waals surface area contributed by atoms with E-state index in [1.807, 2.05) is 13.8 Å². The third-order valence-electron chi connectivity index (χ3n) is 3.63. The van der Waals surface area contributed by atoms with E-state index in [1.165, 1.54) is 12.1 Å². The lowest BCUT2D eigenvalue weighted by Gasteiger charge is -2.11. The number of allylic oxidation sites excluding steroid dienone is 1. The van der Waals surface area contributed by atoms with Crippen molar-refractivity contribution < 1.29 is 13.2 Å².